The van der Waals surface area contributed by atoms with Gasteiger partial charge in [0, 0.05) is 53.8 Å². The minimum absolute atomic E-state index is 0.0619. The molecule has 0 bridgehead atoms. The second-order valence-corrected chi connectivity index (χ2v) is 9.51. The molecule has 7 nitrogen and oxygen atoms in total. The van der Waals surface area contributed by atoms with E-state index in [1.807, 2.05) is 28.5 Å². The lowest BCUT2D eigenvalue weighted by Gasteiger charge is -2.27. The molecular weight excluding hydrogens is 474 g/mol. The van der Waals surface area contributed by atoms with Gasteiger partial charge in [0.05, 0.1) is 18.9 Å². The van der Waals surface area contributed by atoms with Crippen LogP contribution in [0.5, 0.6) is 0 Å². The molecule has 36 heavy (non-hydrogen) atoms. The van der Waals surface area contributed by atoms with Gasteiger partial charge in [0.1, 0.15) is 4.70 Å². The topological polar surface area (TPSA) is 95.6 Å². The standard InChI is InChI=1S/C28H27N3O4S/c1-3-17-12-18(14-19(13-17)25(29)20-6-4-5-7-21(20)28(33)30-2)22-16-36-27-23(32)15-24(35-26(22)27)31-8-10-34-11-9-31/h4-7,12-16,29H,3,8-11H2,1-2H3,(H,30,33). The third kappa shape index (κ3) is 4.45. The number of hydrogen-bond donors (Lipinski definition) is 2. The van der Waals surface area contributed by atoms with E-state index in [1.165, 1.54) is 11.3 Å². The van der Waals surface area contributed by atoms with Crippen LogP contribution in [0.3, 0.4) is 0 Å². The average Bonchev–Trinajstić information content (AvgIpc) is 3.37. The van der Waals surface area contributed by atoms with Crippen molar-refractivity contribution in [3.63, 3.8) is 0 Å². The van der Waals surface area contributed by atoms with Crippen molar-refractivity contribution >= 4 is 39.1 Å². The summed E-state index contributed by atoms with van der Waals surface area (Å²) in [5.74, 6) is 0.318. The maximum atomic E-state index is 12.9. The van der Waals surface area contributed by atoms with Crippen LogP contribution < -0.4 is 15.6 Å². The lowest BCUT2D eigenvalue weighted by Crippen LogP contribution is -2.36. The Hall–Kier alpha value is -3.75. The van der Waals surface area contributed by atoms with Crippen LogP contribution in [-0.2, 0) is 11.2 Å². The predicted octanol–water partition coefficient (Wildman–Crippen LogP) is 4.70. The van der Waals surface area contributed by atoms with Crippen molar-refractivity contribution in [2.24, 2.45) is 0 Å². The summed E-state index contributed by atoms with van der Waals surface area (Å²) in [6.07, 6.45) is 0.774. The Morgan fingerprint density at radius 2 is 1.86 bits per heavy atom. The number of carbonyl (C=O) groups is 1. The highest BCUT2D eigenvalue weighted by molar-refractivity contribution is 7.17. The number of nitrogens with zero attached hydrogens (tertiary/aromatic N) is 1. The minimum Gasteiger partial charge on any atom is -0.439 e. The summed E-state index contributed by atoms with van der Waals surface area (Å²) in [5, 5.41) is 13.6. The van der Waals surface area contributed by atoms with Gasteiger partial charge in [-0.1, -0.05) is 31.2 Å². The van der Waals surface area contributed by atoms with Gasteiger partial charge >= 0.3 is 0 Å². The molecule has 0 aliphatic carbocycles. The van der Waals surface area contributed by atoms with Crippen LogP contribution in [0, 0.1) is 5.41 Å². The maximum Gasteiger partial charge on any atom is 0.251 e. The van der Waals surface area contributed by atoms with E-state index in [2.05, 4.69) is 18.3 Å². The fraction of sp³-hybridized carbons (Fsp3) is 0.250. The minimum atomic E-state index is -0.233. The zero-order chi connectivity index (χ0) is 25.2. The number of thiophene rings is 1. The van der Waals surface area contributed by atoms with Crippen LogP contribution in [-0.4, -0.2) is 45.0 Å². The number of aryl methyl sites for hydroxylation is 1. The molecule has 1 saturated heterocycles. The van der Waals surface area contributed by atoms with Gasteiger partial charge in [0.25, 0.3) is 5.91 Å². The summed E-state index contributed by atoms with van der Waals surface area (Å²) in [6, 6.07) is 14.7. The first kappa shape index (κ1) is 24.0. The summed E-state index contributed by atoms with van der Waals surface area (Å²) in [6.45, 7) is 4.60. The highest BCUT2D eigenvalue weighted by Crippen LogP contribution is 2.36. The third-order valence-corrected chi connectivity index (χ3v) is 7.40. The second kappa shape index (κ2) is 10.1. The Morgan fingerprint density at radius 1 is 1.11 bits per heavy atom. The number of rotatable bonds is 6. The monoisotopic (exact) mass is 501 g/mol. The molecule has 5 rings (SSSR count). The van der Waals surface area contributed by atoms with Crippen LogP contribution >= 0.6 is 11.3 Å². The van der Waals surface area contributed by atoms with Crippen LogP contribution in [0.25, 0.3) is 21.4 Å². The highest BCUT2D eigenvalue weighted by Gasteiger charge is 2.20. The van der Waals surface area contributed by atoms with Crippen LogP contribution in [0.1, 0.15) is 34.0 Å². The zero-order valence-corrected chi connectivity index (χ0v) is 21.0. The molecule has 0 unspecified atom stereocenters. The fourth-order valence-corrected chi connectivity index (χ4v) is 5.37. The van der Waals surface area contributed by atoms with Crippen LogP contribution in [0.2, 0.25) is 0 Å². The van der Waals surface area contributed by atoms with E-state index in [0.717, 1.165) is 23.1 Å². The van der Waals surface area contributed by atoms with E-state index in [-0.39, 0.29) is 17.0 Å². The van der Waals surface area contributed by atoms with E-state index in [4.69, 9.17) is 14.6 Å². The van der Waals surface area contributed by atoms with Crippen molar-refractivity contribution in [3.8, 4) is 11.1 Å². The average molecular weight is 502 g/mol. The third-order valence-electron chi connectivity index (χ3n) is 6.42. The summed E-state index contributed by atoms with van der Waals surface area (Å²) < 4.78 is 12.3. The van der Waals surface area contributed by atoms with Gasteiger partial charge in [-0.25, -0.2) is 0 Å². The van der Waals surface area contributed by atoms with E-state index in [9.17, 15) is 9.59 Å². The van der Waals surface area contributed by atoms with Crippen molar-refractivity contribution in [3.05, 3.63) is 86.4 Å². The van der Waals surface area contributed by atoms with Crippen LogP contribution in [0.4, 0.5) is 5.88 Å². The molecule has 0 spiro atoms. The van der Waals surface area contributed by atoms with Gasteiger partial charge < -0.3 is 19.4 Å². The zero-order valence-electron chi connectivity index (χ0n) is 20.2. The molecular formula is C28H27N3O4S. The SMILES string of the molecule is CCc1cc(C(=N)c2ccccc2C(=O)NC)cc(-c2csc3c(=O)cc(N4CCOCC4)oc23)c1. The van der Waals surface area contributed by atoms with Crippen molar-refractivity contribution in [1.29, 1.82) is 5.41 Å². The molecule has 2 N–H and O–H groups in total. The molecule has 0 atom stereocenters. The Bertz CT molecular complexity index is 1520. The lowest BCUT2D eigenvalue weighted by atomic mass is 9.92. The van der Waals surface area contributed by atoms with E-state index < -0.39 is 0 Å². The van der Waals surface area contributed by atoms with Gasteiger partial charge in [-0.3, -0.25) is 15.0 Å². The predicted molar refractivity (Wildman–Crippen MR) is 144 cm³/mol. The lowest BCUT2D eigenvalue weighted by molar-refractivity contribution is 0.0963. The Labute approximate surface area is 212 Å². The second-order valence-electron chi connectivity index (χ2n) is 8.63. The molecule has 1 aliphatic rings. The molecule has 2 aromatic heterocycles. The quantitative estimate of drug-likeness (QED) is 0.374. The number of carbonyl (C=O) groups excluding carboxylic acids is 1. The number of benzene rings is 2. The Morgan fingerprint density at radius 3 is 2.58 bits per heavy atom. The highest BCUT2D eigenvalue weighted by atomic mass is 32.1. The van der Waals surface area contributed by atoms with E-state index >= 15 is 0 Å². The van der Waals surface area contributed by atoms with Gasteiger partial charge in [-0.15, -0.1) is 11.3 Å². The molecule has 0 saturated carbocycles. The summed E-state index contributed by atoms with van der Waals surface area (Å²) in [5.41, 5.74) is 5.23. The molecule has 184 valence electrons. The number of fused-ring (bicyclic) bond motifs is 1. The van der Waals surface area contributed by atoms with Gasteiger partial charge in [0.15, 0.2) is 11.5 Å². The molecule has 1 fully saturated rings. The first-order valence-corrected chi connectivity index (χ1v) is 12.8. The van der Waals surface area contributed by atoms with E-state index in [1.54, 1.807) is 31.3 Å². The van der Waals surface area contributed by atoms with Gasteiger partial charge in [-0.05, 0) is 35.7 Å². The number of nitrogens with one attached hydrogen (secondary N) is 2. The molecule has 2 aromatic carbocycles. The van der Waals surface area contributed by atoms with Gasteiger partial charge in [0.2, 0.25) is 5.43 Å². The van der Waals surface area contributed by atoms with Crippen molar-refractivity contribution < 1.29 is 13.9 Å². The van der Waals surface area contributed by atoms with Crippen molar-refractivity contribution in [2.75, 3.05) is 38.3 Å². The Balaban J connectivity index is 1.62. The van der Waals surface area contributed by atoms with Gasteiger partial charge in [-0.2, -0.15) is 0 Å². The number of hydrogen-bond acceptors (Lipinski definition) is 7. The smallest absolute Gasteiger partial charge is 0.251 e. The Kier molecular flexibility index (Phi) is 6.71. The maximum absolute atomic E-state index is 12.9. The van der Waals surface area contributed by atoms with Crippen molar-refractivity contribution in [2.45, 2.75) is 13.3 Å². The number of morpholine rings is 1. The normalized spacial score (nSPS) is 13.7. The number of anilines is 1. The fourth-order valence-electron chi connectivity index (χ4n) is 4.45. The molecule has 8 heteroatoms. The molecule has 0 radical (unpaired) electrons. The molecule has 3 heterocycles. The first-order valence-electron chi connectivity index (χ1n) is 11.9. The number of amides is 1. The summed E-state index contributed by atoms with van der Waals surface area (Å²) >= 11 is 1.37. The molecule has 1 aliphatic heterocycles. The number of ether oxygens (including phenoxy) is 1. The van der Waals surface area contributed by atoms with E-state index in [0.29, 0.717) is 59.2 Å². The molecule has 4 aromatic rings. The largest absolute Gasteiger partial charge is 0.439 e. The van der Waals surface area contributed by atoms with Crippen molar-refractivity contribution in [1.82, 2.24) is 5.32 Å². The molecule has 1 amide bonds. The first-order chi connectivity index (χ1) is 17.5. The summed E-state index contributed by atoms with van der Waals surface area (Å²) in [4.78, 5) is 27.4. The summed E-state index contributed by atoms with van der Waals surface area (Å²) in [7, 11) is 1.58. The van der Waals surface area contributed by atoms with Crippen LogP contribution in [0.15, 0.2) is 63.1 Å².